The Hall–Kier alpha value is -4.06. The number of hydrogen-bond donors (Lipinski definition) is 2. The van der Waals surface area contributed by atoms with Crippen LogP contribution in [0.15, 0.2) is 54.1 Å². The van der Waals surface area contributed by atoms with Crippen LogP contribution in [0.2, 0.25) is 0 Å². The highest BCUT2D eigenvalue weighted by molar-refractivity contribution is 6.31. The van der Waals surface area contributed by atoms with E-state index in [0.717, 1.165) is 79.2 Å². The molecule has 0 spiro atoms. The van der Waals surface area contributed by atoms with Gasteiger partial charge in [-0.05, 0) is 117 Å². The number of aromatic hydroxyl groups is 2. The van der Waals surface area contributed by atoms with Gasteiger partial charge < -0.3 is 19.7 Å². The lowest BCUT2D eigenvalue weighted by Gasteiger charge is -2.34. The third-order valence-electron chi connectivity index (χ3n) is 10.1. The second kappa shape index (κ2) is 17.7. The molecular weight excluding hydrogens is 624 g/mol. The smallest absolute Gasteiger partial charge is 0.423 e. The zero-order valence-electron chi connectivity index (χ0n) is 31.5. The maximum Gasteiger partial charge on any atom is 0.423 e. The Balaban J connectivity index is 1.76. The number of ether oxygens (including phenoxy) is 2. The number of unbranched alkanes of at least 4 members (excludes halogenated alkanes) is 4. The third kappa shape index (κ3) is 9.58. The van der Waals surface area contributed by atoms with Crippen molar-refractivity contribution in [2.75, 3.05) is 0 Å². The van der Waals surface area contributed by atoms with Crippen LogP contribution >= 0.6 is 0 Å². The number of hydrogen-bond acceptors (Lipinski definition) is 6. The highest BCUT2D eigenvalue weighted by Crippen LogP contribution is 2.48. The number of carbonyl (C=O) groups excluding carboxylic acids is 2. The minimum Gasteiger partial charge on any atom is -0.507 e. The van der Waals surface area contributed by atoms with Gasteiger partial charge in [-0.25, -0.2) is 9.59 Å². The molecule has 0 unspecified atom stereocenters. The van der Waals surface area contributed by atoms with Crippen molar-refractivity contribution >= 4 is 11.9 Å². The number of aryl methyl sites for hydroxylation is 3. The first-order valence-corrected chi connectivity index (χ1v) is 18.8. The molecule has 6 heteroatoms. The van der Waals surface area contributed by atoms with Crippen LogP contribution < -0.4 is 9.47 Å². The Kier molecular flexibility index (Phi) is 13.7. The van der Waals surface area contributed by atoms with Crippen molar-refractivity contribution in [1.82, 2.24) is 0 Å². The summed E-state index contributed by atoms with van der Waals surface area (Å²) in [5, 5.41) is 22.9. The minimum atomic E-state index is -1.19. The van der Waals surface area contributed by atoms with Gasteiger partial charge in [-0.2, -0.15) is 0 Å². The van der Waals surface area contributed by atoms with Gasteiger partial charge in [0, 0.05) is 11.5 Å². The molecule has 4 rings (SSSR count). The van der Waals surface area contributed by atoms with Gasteiger partial charge in [0.25, 0.3) is 0 Å². The molecule has 0 amide bonds. The molecule has 6 nitrogen and oxygen atoms in total. The van der Waals surface area contributed by atoms with Crippen molar-refractivity contribution < 1.29 is 29.3 Å². The average Bonchev–Trinajstić information content (AvgIpc) is 3.04. The molecular formula is C44H58O6. The molecule has 0 aromatic heterocycles. The second-order valence-corrected chi connectivity index (χ2v) is 14.9. The Morgan fingerprint density at radius 1 is 0.780 bits per heavy atom. The van der Waals surface area contributed by atoms with Gasteiger partial charge >= 0.3 is 11.9 Å². The number of benzene rings is 3. The van der Waals surface area contributed by atoms with E-state index in [1.165, 1.54) is 5.57 Å². The molecule has 0 saturated heterocycles. The van der Waals surface area contributed by atoms with Crippen LogP contribution in [-0.2, 0) is 22.4 Å². The van der Waals surface area contributed by atoms with E-state index in [4.69, 9.17) is 9.47 Å². The van der Waals surface area contributed by atoms with Crippen molar-refractivity contribution in [3.05, 3.63) is 81.9 Å². The highest BCUT2D eigenvalue weighted by Gasteiger charge is 2.34. The van der Waals surface area contributed by atoms with E-state index in [-0.39, 0.29) is 40.8 Å². The third-order valence-corrected chi connectivity index (χ3v) is 10.1. The fraction of sp³-hybridized carbons (Fsp3) is 0.500. The van der Waals surface area contributed by atoms with Crippen LogP contribution in [0.3, 0.4) is 0 Å². The zero-order valence-corrected chi connectivity index (χ0v) is 31.5. The SMILES string of the molecule is CCCCCc1cc(O)c(-c2cc(C)ccc2C(C)C)c(OC(=O)C(=O)Oc2cc(CCCCC)cc(O)c2[C@@H]2C=C(C)CC[C@H]2C(C)C)c1. The molecule has 3 aromatic rings. The number of carbonyl (C=O) groups is 2. The molecule has 3 aromatic carbocycles. The van der Waals surface area contributed by atoms with E-state index >= 15 is 0 Å². The Morgan fingerprint density at radius 3 is 1.94 bits per heavy atom. The molecule has 50 heavy (non-hydrogen) atoms. The quantitative estimate of drug-likeness (QED) is 0.0578. The van der Waals surface area contributed by atoms with Crippen LogP contribution in [0.5, 0.6) is 23.0 Å². The van der Waals surface area contributed by atoms with Crippen molar-refractivity contribution in [3.63, 3.8) is 0 Å². The molecule has 1 aliphatic carbocycles. The number of phenols is 2. The number of allylic oxidation sites excluding steroid dienone is 2. The standard InChI is InChI=1S/C44H58O6/c1-9-11-13-15-31-23-37(45)41(35-21-29(7)17-19-33(35)27(3)4)39(25-31)49-43(47)44(48)50-40-26-32(16-14-12-10-2)24-38(46)42(40)36-22-30(8)18-20-34(36)28(5)6/h17,19,21-28,34,36,45-46H,9-16,18,20H2,1-8H3/t34-,36+/m0/s1. The molecule has 0 saturated carbocycles. The van der Waals surface area contributed by atoms with E-state index < -0.39 is 11.9 Å². The maximum absolute atomic E-state index is 13.7. The first kappa shape index (κ1) is 38.7. The molecule has 0 aliphatic heterocycles. The molecule has 1 aliphatic rings. The maximum atomic E-state index is 13.7. The van der Waals surface area contributed by atoms with Crippen LogP contribution in [-0.4, -0.2) is 22.2 Å². The second-order valence-electron chi connectivity index (χ2n) is 14.9. The molecule has 270 valence electrons. The topological polar surface area (TPSA) is 93.1 Å². The molecule has 2 atom stereocenters. The van der Waals surface area contributed by atoms with Crippen LogP contribution in [0, 0.1) is 18.8 Å². The summed E-state index contributed by atoms with van der Waals surface area (Å²) >= 11 is 0. The summed E-state index contributed by atoms with van der Waals surface area (Å²) in [4.78, 5) is 27.4. The Morgan fingerprint density at radius 2 is 1.36 bits per heavy atom. The number of esters is 2. The first-order chi connectivity index (χ1) is 23.8. The van der Waals surface area contributed by atoms with Gasteiger partial charge in [-0.15, -0.1) is 0 Å². The summed E-state index contributed by atoms with van der Waals surface area (Å²) in [5.74, 6) is -1.47. The van der Waals surface area contributed by atoms with E-state index in [9.17, 15) is 19.8 Å². The Labute approximate surface area is 299 Å². The summed E-state index contributed by atoms with van der Waals surface area (Å²) in [6.45, 7) is 16.8. The summed E-state index contributed by atoms with van der Waals surface area (Å²) in [7, 11) is 0. The van der Waals surface area contributed by atoms with Gasteiger partial charge in [0.05, 0.1) is 5.56 Å². The predicted molar refractivity (Wildman–Crippen MR) is 202 cm³/mol. The monoisotopic (exact) mass is 682 g/mol. The lowest BCUT2D eigenvalue weighted by atomic mass is 9.71. The van der Waals surface area contributed by atoms with E-state index in [0.29, 0.717) is 29.9 Å². The average molecular weight is 683 g/mol. The normalized spacial score (nSPS) is 16.1. The van der Waals surface area contributed by atoms with Gasteiger partial charge in [-0.3, -0.25) is 0 Å². The van der Waals surface area contributed by atoms with Gasteiger partial charge in [0.15, 0.2) is 0 Å². The van der Waals surface area contributed by atoms with Crippen molar-refractivity contribution in [3.8, 4) is 34.1 Å². The molecule has 0 fully saturated rings. The van der Waals surface area contributed by atoms with Crippen molar-refractivity contribution in [2.45, 2.75) is 131 Å². The summed E-state index contributed by atoms with van der Waals surface area (Å²) in [5.41, 5.74) is 6.52. The lowest BCUT2D eigenvalue weighted by molar-refractivity contribution is -0.156. The largest absolute Gasteiger partial charge is 0.507 e. The van der Waals surface area contributed by atoms with Crippen molar-refractivity contribution in [2.24, 2.45) is 11.8 Å². The first-order valence-electron chi connectivity index (χ1n) is 18.8. The zero-order chi connectivity index (χ0) is 36.5. The lowest BCUT2D eigenvalue weighted by Crippen LogP contribution is -2.27. The molecule has 0 radical (unpaired) electrons. The van der Waals surface area contributed by atoms with Gasteiger partial charge in [0.2, 0.25) is 0 Å². The minimum absolute atomic E-state index is 0.00571. The molecule has 0 heterocycles. The summed E-state index contributed by atoms with van der Waals surface area (Å²) in [6, 6.07) is 13.1. The van der Waals surface area contributed by atoms with Crippen molar-refractivity contribution in [1.29, 1.82) is 0 Å². The summed E-state index contributed by atoms with van der Waals surface area (Å²) < 4.78 is 11.8. The van der Waals surface area contributed by atoms with Crippen LogP contribution in [0.1, 0.15) is 139 Å². The van der Waals surface area contributed by atoms with Crippen LogP contribution in [0.4, 0.5) is 0 Å². The van der Waals surface area contributed by atoms with Crippen LogP contribution in [0.25, 0.3) is 11.1 Å². The van der Waals surface area contributed by atoms with E-state index in [2.05, 4.69) is 54.5 Å². The molecule has 0 bridgehead atoms. The van der Waals surface area contributed by atoms with E-state index in [1.807, 2.05) is 25.1 Å². The molecule has 2 N–H and O–H groups in total. The fourth-order valence-corrected chi connectivity index (χ4v) is 7.35. The number of rotatable bonds is 14. The van der Waals surface area contributed by atoms with Gasteiger partial charge in [-0.1, -0.05) is 103 Å². The summed E-state index contributed by atoms with van der Waals surface area (Å²) in [6.07, 6.45) is 11.5. The van der Waals surface area contributed by atoms with Gasteiger partial charge in [0.1, 0.15) is 23.0 Å². The highest BCUT2D eigenvalue weighted by atomic mass is 16.6. The number of phenolic OH excluding ortho intramolecular Hbond substituents is 2. The Bertz CT molecular complexity index is 1680. The van der Waals surface area contributed by atoms with E-state index in [1.54, 1.807) is 24.3 Å². The fourth-order valence-electron chi connectivity index (χ4n) is 7.35. The predicted octanol–water partition coefficient (Wildman–Crippen LogP) is 11.3.